The molecule has 0 saturated heterocycles. The van der Waals surface area contributed by atoms with E-state index in [1.54, 1.807) is 6.07 Å². The van der Waals surface area contributed by atoms with E-state index in [0.717, 1.165) is 48.9 Å². The van der Waals surface area contributed by atoms with Crippen LogP contribution in [0.25, 0.3) is 0 Å². The number of halogens is 2. The second-order valence-corrected chi connectivity index (χ2v) is 5.20. The van der Waals surface area contributed by atoms with Gasteiger partial charge in [-0.05, 0) is 63.2 Å². The Kier molecular flexibility index (Phi) is 6.70. The lowest BCUT2D eigenvalue weighted by Gasteiger charge is -2.16. The van der Waals surface area contributed by atoms with Crippen LogP contribution in [-0.2, 0) is 6.42 Å². The van der Waals surface area contributed by atoms with Crippen molar-refractivity contribution in [1.29, 1.82) is 0 Å². The molecule has 0 fully saturated rings. The molecule has 0 radical (unpaired) electrons. The van der Waals surface area contributed by atoms with Crippen molar-refractivity contribution in [1.82, 2.24) is 4.90 Å². The highest BCUT2D eigenvalue weighted by atomic mass is 79.9. The molecule has 0 aromatic heterocycles. The topological polar surface area (TPSA) is 29.3 Å². The van der Waals surface area contributed by atoms with Crippen molar-refractivity contribution < 1.29 is 4.39 Å². The highest BCUT2D eigenvalue weighted by Crippen LogP contribution is 2.16. The molecule has 1 rings (SSSR count). The first-order valence-corrected chi connectivity index (χ1v) is 6.75. The Labute approximate surface area is 111 Å². The SMILES string of the molecule is CN(CCCCN)CCc1cc(Br)ccc1F. The minimum absolute atomic E-state index is 0.122. The first-order chi connectivity index (χ1) is 8.13. The molecule has 17 heavy (non-hydrogen) atoms. The molecule has 96 valence electrons. The summed E-state index contributed by atoms with van der Waals surface area (Å²) in [6, 6.07) is 5.08. The molecule has 0 bridgehead atoms. The average Bonchev–Trinajstić information content (AvgIpc) is 2.31. The van der Waals surface area contributed by atoms with Crippen molar-refractivity contribution in [3.63, 3.8) is 0 Å². The maximum absolute atomic E-state index is 13.5. The van der Waals surface area contributed by atoms with Crippen LogP contribution in [0.1, 0.15) is 18.4 Å². The Bertz CT molecular complexity index is 344. The van der Waals surface area contributed by atoms with Crippen LogP contribution in [0, 0.1) is 5.82 Å². The van der Waals surface area contributed by atoms with Crippen LogP contribution in [0.15, 0.2) is 22.7 Å². The van der Waals surface area contributed by atoms with E-state index in [-0.39, 0.29) is 5.82 Å². The average molecular weight is 303 g/mol. The molecule has 0 unspecified atom stereocenters. The summed E-state index contributed by atoms with van der Waals surface area (Å²) in [4.78, 5) is 2.22. The van der Waals surface area contributed by atoms with E-state index in [0.29, 0.717) is 0 Å². The van der Waals surface area contributed by atoms with Gasteiger partial charge in [0, 0.05) is 11.0 Å². The van der Waals surface area contributed by atoms with Crippen molar-refractivity contribution in [3.8, 4) is 0 Å². The number of rotatable bonds is 7. The van der Waals surface area contributed by atoms with Crippen molar-refractivity contribution in [3.05, 3.63) is 34.1 Å². The van der Waals surface area contributed by atoms with Crippen LogP contribution < -0.4 is 5.73 Å². The number of hydrogen-bond donors (Lipinski definition) is 1. The van der Waals surface area contributed by atoms with E-state index >= 15 is 0 Å². The zero-order valence-electron chi connectivity index (χ0n) is 10.3. The molecule has 0 atom stereocenters. The molecular weight excluding hydrogens is 283 g/mol. The molecule has 0 heterocycles. The van der Waals surface area contributed by atoms with Gasteiger partial charge in [-0.1, -0.05) is 15.9 Å². The Morgan fingerprint density at radius 2 is 2.06 bits per heavy atom. The van der Waals surface area contributed by atoms with Gasteiger partial charge in [0.05, 0.1) is 0 Å². The lowest BCUT2D eigenvalue weighted by molar-refractivity contribution is 0.329. The Morgan fingerprint density at radius 1 is 1.29 bits per heavy atom. The first-order valence-electron chi connectivity index (χ1n) is 5.96. The maximum atomic E-state index is 13.5. The number of hydrogen-bond acceptors (Lipinski definition) is 2. The van der Waals surface area contributed by atoms with Crippen LogP contribution in [0.4, 0.5) is 4.39 Å². The van der Waals surface area contributed by atoms with Crippen LogP contribution in [0.2, 0.25) is 0 Å². The zero-order valence-corrected chi connectivity index (χ0v) is 11.8. The molecular formula is C13H20BrFN2. The Hall–Kier alpha value is -0.450. The van der Waals surface area contributed by atoms with Gasteiger partial charge in [-0.15, -0.1) is 0 Å². The fraction of sp³-hybridized carbons (Fsp3) is 0.538. The summed E-state index contributed by atoms with van der Waals surface area (Å²) < 4.78 is 14.4. The van der Waals surface area contributed by atoms with Gasteiger partial charge < -0.3 is 10.6 Å². The van der Waals surface area contributed by atoms with Crippen LogP contribution in [0.3, 0.4) is 0 Å². The third-order valence-electron chi connectivity index (χ3n) is 2.76. The van der Waals surface area contributed by atoms with Crippen LogP contribution >= 0.6 is 15.9 Å². The van der Waals surface area contributed by atoms with Crippen molar-refractivity contribution in [2.45, 2.75) is 19.3 Å². The molecule has 0 aliphatic carbocycles. The van der Waals surface area contributed by atoms with Gasteiger partial charge in [0.2, 0.25) is 0 Å². The van der Waals surface area contributed by atoms with Crippen LogP contribution in [0.5, 0.6) is 0 Å². The summed E-state index contributed by atoms with van der Waals surface area (Å²) in [6.07, 6.45) is 2.90. The fourth-order valence-corrected chi connectivity index (χ4v) is 2.09. The van der Waals surface area contributed by atoms with E-state index in [9.17, 15) is 4.39 Å². The van der Waals surface area contributed by atoms with E-state index in [1.165, 1.54) is 6.07 Å². The smallest absolute Gasteiger partial charge is 0.126 e. The summed E-state index contributed by atoms with van der Waals surface area (Å²) in [5.41, 5.74) is 6.21. The Morgan fingerprint density at radius 3 is 2.76 bits per heavy atom. The minimum Gasteiger partial charge on any atom is -0.330 e. The molecule has 1 aromatic rings. The fourth-order valence-electron chi connectivity index (χ4n) is 1.68. The third kappa shape index (κ3) is 5.61. The summed E-state index contributed by atoms with van der Waals surface area (Å²) in [6.45, 7) is 2.64. The summed E-state index contributed by atoms with van der Waals surface area (Å²) in [5, 5.41) is 0. The lowest BCUT2D eigenvalue weighted by atomic mass is 10.1. The van der Waals surface area contributed by atoms with Gasteiger partial charge in [0.1, 0.15) is 5.82 Å². The second kappa shape index (κ2) is 7.80. The minimum atomic E-state index is -0.122. The number of nitrogens with zero attached hydrogens (tertiary/aromatic N) is 1. The van der Waals surface area contributed by atoms with Crippen molar-refractivity contribution in [2.24, 2.45) is 5.73 Å². The molecule has 0 spiro atoms. The van der Waals surface area contributed by atoms with Gasteiger partial charge in [-0.25, -0.2) is 4.39 Å². The normalized spacial score (nSPS) is 11.1. The molecule has 0 aliphatic heterocycles. The highest BCUT2D eigenvalue weighted by Gasteiger charge is 2.04. The first kappa shape index (κ1) is 14.6. The standard InChI is InChI=1S/C13H20BrFN2/c1-17(8-3-2-7-16)9-6-11-10-12(14)4-5-13(11)15/h4-5,10H,2-3,6-9,16H2,1H3. The maximum Gasteiger partial charge on any atom is 0.126 e. The van der Waals surface area contributed by atoms with Crippen molar-refractivity contribution in [2.75, 3.05) is 26.7 Å². The predicted octanol–water partition coefficient (Wildman–Crippen LogP) is 2.80. The molecule has 2 N–H and O–H groups in total. The Balaban J connectivity index is 2.36. The monoisotopic (exact) mass is 302 g/mol. The van der Waals surface area contributed by atoms with Crippen molar-refractivity contribution >= 4 is 15.9 Å². The lowest BCUT2D eigenvalue weighted by Crippen LogP contribution is -2.23. The van der Waals surface area contributed by atoms with Crippen LogP contribution in [-0.4, -0.2) is 31.6 Å². The molecule has 0 saturated carbocycles. The van der Waals surface area contributed by atoms with E-state index in [1.807, 2.05) is 6.07 Å². The molecule has 0 aliphatic rings. The van der Waals surface area contributed by atoms with Gasteiger partial charge in [-0.3, -0.25) is 0 Å². The van der Waals surface area contributed by atoms with Gasteiger partial charge in [0.25, 0.3) is 0 Å². The predicted molar refractivity (Wildman–Crippen MR) is 73.6 cm³/mol. The highest BCUT2D eigenvalue weighted by molar-refractivity contribution is 9.10. The van der Waals surface area contributed by atoms with E-state index in [4.69, 9.17) is 5.73 Å². The third-order valence-corrected chi connectivity index (χ3v) is 3.26. The number of likely N-dealkylation sites (N-methyl/N-ethyl adjacent to an activating group) is 1. The zero-order chi connectivity index (χ0) is 12.7. The molecule has 0 amide bonds. The van der Waals surface area contributed by atoms with Gasteiger partial charge >= 0.3 is 0 Å². The van der Waals surface area contributed by atoms with E-state index in [2.05, 4.69) is 27.9 Å². The quantitative estimate of drug-likeness (QED) is 0.785. The summed E-state index contributed by atoms with van der Waals surface area (Å²) in [7, 11) is 2.06. The second-order valence-electron chi connectivity index (χ2n) is 4.28. The summed E-state index contributed by atoms with van der Waals surface area (Å²) >= 11 is 3.36. The molecule has 2 nitrogen and oxygen atoms in total. The summed E-state index contributed by atoms with van der Waals surface area (Å²) in [5.74, 6) is -0.122. The number of benzene rings is 1. The van der Waals surface area contributed by atoms with E-state index < -0.39 is 0 Å². The largest absolute Gasteiger partial charge is 0.330 e. The molecule has 4 heteroatoms. The number of unbranched alkanes of at least 4 members (excludes halogenated alkanes) is 1. The number of nitrogens with two attached hydrogens (primary N) is 1. The van der Waals surface area contributed by atoms with Gasteiger partial charge in [-0.2, -0.15) is 0 Å². The molecule has 1 aromatic carbocycles. The van der Waals surface area contributed by atoms with Gasteiger partial charge in [0.15, 0.2) is 0 Å².